The van der Waals surface area contributed by atoms with E-state index in [1.165, 1.54) is 28.7 Å². The second kappa shape index (κ2) is 35.5. The number of carbonyl (C=O) groups excluding carboxylic acids is 8. The Kier molecular flexibility index (Phi) is 29.8. The lowest BCUT2D eigenvalue weighted by Crippen LogP contribution is -2.42. The zero-order valence-corrected chi connectivity index (χ0v) is 52.0. The highest BCUT2D eigenvalue weighted by molar-refractivity contribution is 8.76. The number of fused-ring (bicyclic) bond motifs is 1. The van der Waals surface area contributed by atoms with Crippen molar-refractivity contribution < 1.29 is 70.0 Å². The molecule has 3 N–H and O–H groups in total. The molecule has 85 heavy (non-hydrogen) atoms. The molecular formula is C56H78F3N10O13PS2. The minimum atomic E-state index is -5.37. The number of Topliss-reactive ketones (excluding diaryl/α,β-unsaturated/α-hetero) is 2. The number of unbranched alkanes of at least 4 members (excludes halogenated alkanes) is 3. The number of hydrogen-bond donors (Lipinski definition) is 3. The van der Waals surface area contributed by atoms with Crippen molar-refractivity contribution in [2.24, 2.45) is 11.8 Å². The number of amides is 4. The molecule has 1 unspecified atom stereocenters. The van der Waals surface area contributed by atoms with E-state index in [9.17, 15) is 56.3 Å². The first-order valence-electron chi connectivity index (χ1n) is 28.2. The van der Waals surface area contributed by atoms with Gasteiger partial charge in [0, 0.05) is 85.4 Å². The predicted molar refractivity (Wildman–Crippen MR) is 315 cm³/mol. The molecule has 1 aliphatic heterocycles. The van der Waals surface area contributed by atoms with Gasteiger partial charge in [-0.15, -0.1) is 0 Å². The third-order valence-electron chi connectivity index (χ3n) is 13.5. The number of carbonyl (C=O) groups is 8. The quantitative estimate of drug-likeness (QED) is 0.0212. The second-order valence-electron chi connectivity index (χ2n) is 21.0. The maximum atomic E-state index is 13.9. The van der Waals surface area contributed by atoms with Gasteiger partial charge in [0.15, 0.2) is 11.2 Å². The molecule has 29 heteroatoms. The van der Waals surface area contributed by atoms with E-state index in [0.29, 0.717) is 49.3 Å². The van der Waals surface area contributed by atoms with Crippen LogP contribution < -0.4 is 21.1 Å². The van der Waals surface area contributed by atoms with Crippen LogP contribution in [-0.2, 0) is 58.6 Å². The largest absolute Gasteiger partial charge is 0.471 e. The molecule has 468 valence electrons. The van der Waals surface area contributed by atoms with E-state index in [2.05, 4.69) is 75.9 Å². The number of ketones is 2. The summed E-state index contributed by atoms with van der Waals surface area (Å²) in [6, 6.07) is 5.45. The average Bonchev–Trinajstić information content (AvgIpc) is 2.72. The lowest BCUT2D eigenvalue weighted by Gasteiger charge is -2.36. The van der Waals surface area contributed by atoms with Gasteiger partial charge in [-0.1, -0.05) is 55.2 Å². The van der Waals surface area contributed by atoms with Crippen molar-refractivity contribution in [3.8, 4) is 6.07 Å². The van der Waals surface area contributed by atoms with Gasteiger partial charge >= 0.3 is 24.0 Å². The van der Waals surface area contributed by atoms with Gasteiger partial charge in [-0.25, -0.2) is 19.4 Å². The molecule has 4 amide bonds. The van der Waals surface area contributed by atoms with Crippen LogP contribution in [0.2, 0.25) is 0 Å². The molecule has 0 aliphatic carbocycles. The lowest BCUT2D eigenvalue weighted by molar-refractivity contribution is -0.170. The summed E-state index contributed by atoms with van der Waals surface area (Å²) in [6.45, 7) is 13.6. The molecule has 0 bridgehead atoms. The van der Waals surface area contributed by atoms with E-state index in [4.69, 9.17) is 23.8 Å². The van der Waals surface area contributed by atoms with E-state index in [1.54, 1.807) is 13.8 Å². The van der Waals surface area contributed by atoms with E-state index in [0.717, 1.165) is 63.3 Å². The summed E-state index contributed by atoms with van der Waals surface area (Å²) >= 11 is 0. The number of alkyl halides is 3. The van der Waals surface area contributed by atoms with Gasteiger partial charge in [-0.3, -0.25) is 53.6 Å². The highest BCUT2D eigenvalue weighted by atomic mass is 33.1. The van der Waals surface area contributed by atoms with Gasteiger partial charge in [0.2, 0.25) is 17.8 Å². The van der Waals surface area contributed by atoms with Crippen molar-refractivity contribution in [2.75, 3.05) is 49.1 Å². The number of nitriles is 1. The molecular weight excluding hydrogens is 1170 g/mol. The molecule has 5 atom stereocenters. The van der Waals surface area contributed by atoms with Crippen LogP contribution in [0, 0.1) is 23.2 Å². The zero-order chi connectivity index (χ0) is 63.0. The van der Waals surface area contributed by atoms with Crippen LogP contribution in [0.25, 0.3) is 11.2 Å². The van der Waals surface area contributed by atoms with Gasteiger partial charge in [0.1, 0.15) is 17.6 Å². The molecule has 1 aromatic carbocycles. The summed E-state index contributed by atoms with van der Waals surface area (Å²) in [5.74, 6) is -6.31. The van der Waals surface area contributed by atoms with Gasteiger partial charge in [-0.2, -0.15) is 23.4 Å². The molecule has 3 heterocycles. The van der Waals surface area contributed by atoms with Crippen molar-refractivity contribution >= 4 is 100 Å². The van der Waals surface area contributed by atoms with Crippen molar-refractivity contribution in [2.45, 2.75) is 175 Å². The molecule has 2 aromatic heterocycles. The second-order valence-corrected chi connectivity index (χ2v) is 25.0. The summed E-state index contributed by atoms with van der Waals surface area (Å²) < 4.78 is 66.3. The van der Waals surface area contributed by atoms with Crippen LogP contribution in [0.4, 0.5) is 24.8 Å². The number of esters is 2. The monoisotopic (exact) mass is 1250 g/mol. The Morgan fingerprint density at radius 3 is 2.18 bits per heavy atom. The minimum absolute atomic E-state index is 0.0709. The molecule has 1 saturated heterocycles. The number of methoxy groups -OCH3 is 2. The summed E-state index contributed by atoms with van der Waals surface area (Å²) in [4.78, 5) is 132. The van der Waals surface area contributed by atoms with Gasteiger partial charge in [-0.05, 0) is 84.1 Å². The van der Waals surface area contributed by atoms with Gasteiger partial charge in [0.05, 0.1) is 63.8 Å². The Morgan fingerprint density at radius 1 is 0.894 bits per heavy atom. The number of anilines is 2. The third-order valence-corrected chi connectivity index (χ3v) is 18.1. The fourth-order valence-corrected chi connectivity index (χ4v) is 13.1. The SMILES string of the molecule is CC[C@@H]1C[C@@H](OP(OCCC#N)N(C(C)C)C(C)C)CN1C(=O)CCCCCCC(=O)CCSSC[C@@H](CC(=O)CC[C@H](NC(=O)c1ccc(N(Cc2cnc3nc(NC(=O)C(C)C)[nH]c(=O)c3n2)C(=O)C(F)(F)F)cc1)C(=O)OC)C(=O)OC. The number of nitrogens with zero attached hydrogens (tertiary/aromatic N) is 7. The van der Waals surface area contributed by atoms with Crippen LogP contribution in [0.3, 0.4) is 0 Å². The highest BCUT2D eigenvalue weighted by Gasteiger charge is 2.44. The van der Waals surface area contributed by atoms with Crippen LogP contribution >= 0.6 is 30.1 Å². The Bertz CT molecular complexity index is 2850. The van der Waals surface area contributed by atoms with Gasteiger partial charge < -0.3 is 28.7 Å². The molecule has 4 rings (SSSR count). The molecule has 23 nitrogen and oxygen atoms in total. The number of benzene rings is 1. The van der Waals surface area contributed by atoms with E-state index < -0.39 is 80.1 Å². The summed E-state index contributed by atoms with van der Waals surface area (Å²) in [5.41, 5.74) is -2.20. The van der Waals surface area contributed by atoms with E-state index >= 15 is 0 Å². The van der Waals surface area contributed by atoms with E-state index in [1.807, 2.05) is 4.90 Å². The molecule has 3 aromatic rings. The number of hydrogen-bond acceptors (Lipinski definition) is 20. The number of aromatic nitrogens is 4. The number of nitrogens with one attached hydrogen (secondary N) is 3. The topological polar surface area (TPSA) is 303 Å². The Morgan fingerprint density at radius 2 is 1.56 bits per heavy atom. The zero-order valence-electron chi connectivity index (χ0n) is 49.5. The number of aromatic amines is 1. The smallest absolute Gasteiger partial charge is 0.469 e. The van der Waals surface area contributed by atoms with Crippen molar-refractivity contribution in [1.29, 1.82) is 5.26 Å². The maximum Gasteiger partial charge on any atom is 0.471 e. The van der Waals surface area contributed by atoms with Gasteiger partial charge in [0.25, 0.3) is 20.0 Å². The first kappa shape index (κ1) is 71.4. The Hall–Kier alpha value is -6.11. The maximum absolute atomic E-state index is 13.9. The lowest BCUT2D eigenvalue weighted by atomic mass is 9.99. The third kappa shape index (κ3) is 22.9. The standard InChI is InChI=1S/C56H78F3N10O13PS2/c1-10-40-29-44(82-83(81-26-15-25-60)69(35(4)5)36(6)7)32-67(40)46(72)17-14-12-11-13-16-42(70)24-27-84-85-33-38(52(76)79-8)28-43(71)22-23-45(53(77)80-9)63-50(74)37-18-20-41(21-19-37)68(54(78)56(57,58)59)31-39-30-61-48-47(62-39)51(75)66-55(64-48)65-49(73)34(2)3/h18-21,30,34-36,38,40,44-45H,10-17,22-24,26-29,31-33H2,1-9H3,(H,63,74)(H2,61,64,65,66,73,75)/t38-,40-,44-,45+,83?/m1/s1. The first-order chi connectivity index (χ1) is 40.3. The van der Waals surface area contributed by atoms with Crippen LogP contribution in [0.15, 0.2) is 35.3 Å². The summed E-state index contributed by atoms with van der Waals surface area (Å²) in [6.07, 6.45) is 0.610. The summed E-state index contributed by atoms with van der Waals surface area (Å²) in [5, 5.41) is 13.9. The van der Waals surface area contributed by atoms with E-state index in [-0.39, 0.29) is 108 Å². The minimum Gasteiger partial charge on any atom is -0.469 e. The summed E-state index contributed by atoms with van der Waals surface area (Å²) in [7, 11) is 3.52. The molecule has 1 aliphatic rings. The predicted octanol–water partition coefficient (Wildman–Crippen LogP) is 8.56. The van der Waals surface area contributed by atoms with Crippen LogP contribution in [-0.4, -0.2) is 152 Å². The van der Waals surface area contributed by atoms with Crippen molar-refractivity contribution in [3.63, 3.8) is 0 Å². The Labute approximate surface area is 502 Å². The fraction of sp³-hybridized carbons (Fsp3) is 0.625. The number of likely N-dealkylation sites (tertiary alicyclic amines) is 1. The van der Waals surface area contributed by atoms with Crippen molar-refractivity contribution in [3.05, 3.63) is 52.1 Å². The number of halogens is 3. The molecule has 0 saturated carbocycles. The number of ether oxygens (including phenoxy) is 2. The van der Waals surface area contributed by atoms with Crippen LogP contribution in [0.1, 0.15) is 148 Å². The molecule has 0 radical (unpaired) electrons. The van der Waals surface area contributed by atoms with Crippen LogP contribution in [0.5, 0.6) is 0 Å². The fourth-order valence-electron chi connectivity index (χ4n) is 9.06. The molecule has 0 spiro atoms. The average molecular weight is 1250 g/mol. The highest BCUT2D eigenvalue weighted by Crippen LogP contribution is 2.48. The Balaban J connectivity index is 1.20. The normalized spacial score (nSPS) is 15.4. The molecule has 1 fully saturated rings. The first-order valence-corrected chi connectivity index (χ1v) is 31.8. The number of H-pyrrole nitrogens is 1. The number of rotatable bonds is 36. The van der Waals surface area contributed by atoms with Crippen molar-refractivity contribution in [1.82, 2.24) is 34.8 Å².